The van der Waals surface area contributed by atoms with Gasteiger partial charge in [-0.1, -0.05) is 17.7 Å². The number of hydrogen-bond donors (Lipinski definition) is 2. The van der Waals surface area contributed by atoms with Gasteiger partial charge in [0, 0.05) is 30.1 Å². The first-order chi connectivity index (χ1) is 17.7. The molecule has 0 spiro atoms. The lowest BCUT2D eigenvalue weighted by atomic mass is 10.1. The molecule has 0 amide bonds. The molecule has 0 aliphatic rings. The Morgan fingerprint density at radius 2 is 1.94 bits per heavy atom. The van der Waals surface area contributed by atoms with Crippen molar-refractivity contribution in [2.45, 2.75) is 6.42 Å². The van der Waals surface area contributed by atoms with Crippen LogP contribution in [-0.4, -0.2) is 49.9 Å². The van der Waals surface area contributed by atoms with E-state index < -0.39 is 0 Å². The van der Waals surface area contributed by atoms with E-state index in [-0.39, 0.29) is 0 Å². The molecule has 0 unspecified atom stereocenters. The van der Waals surface area contributed by atoms with Crippen LogP contribution in [0.5, 0.6) is 11.5 Å². The molecule has 10 nitrogen and oxygen atoms in total. The number of nitrogens with one attached hydrogen (secondary N) is 2. The predicted octanol–water partition coefficient (Wildman–Crippen LogP) is 5.29. The standard InChI is InChI=1S/C24H22ClN7O3S/c1-33-19-5-3-6-20(34-2)22(19)32-23(21-7-4-11-35-21)29-30-24(32)31-36-12-9-17-16(13-15(25)14-26-17)18-8-10-27-28-18/h3-8,10-11,13-14H,9,12H2,1-2H3,(H,27,28)(H,30,31). The summed E-state index contributed by atoms with van der Waals surface area (Å²) in [5.41, 5.74) is 3.34. The molecule has 0 bridgehead atoms. The second-order valence-electron chi connectivity index (χ2n) is 7.49. The Labute approximate surface area is 216 Å². The summed E-state index contributed by atoms with van der Waals surface area (Å²) in [4.78, 5) is 4.53. The highest BCUT2D eigenvalue weighted by Gasteiger charge is 2.23. The van der Waals surface area contributed by atoms with Gasteiger partial charge in [0.05, 0.1) is 36.9 Å². The van der Waals surface area contributed by atoms with E-state index in [9.17, 15) is 0 Å². The minimum Gasteiger partial charge on any atom is -0.494 e. The molecule has 12 heteroatoms. The smallest absolute Gasteiger partial charge is 0.239 e. The van der Waals surface area contributed by atoms with Crippen molar-refractivity contribution in [3.05, 3.63) is 71.8 Å². The van der Waals surface area contributed by atoms with Crippen molar-refractivity contribution in [2.24, 2.45) is 0 Å². The number of para-hydroxylation sites is 1. The number of pyridine rings is 1. The van der Waals surface area contributed by atoms with E-state index in [0.29, 0.717) is 51.9 Å². The molecular formula is C24H22ClN7O3S. The molecule has 184 valence electrons. The van der Waals surface area contributed by atoms with Crippen LogP contribution in [0.3, 0.4) is 0 Å². The normalized spacial score (nSPS) is 11.0. The van der Waals surface area contributed by atoms with Gasteiger partial charge < -0.3 is 13.9 Å². The van der Waals surface area contributed by atoms with Crippen molar-refractivity contribution in [3.8, 4) is 40.0 Å². The third-order valence-electron chi connectivity index (χ3n) is 5.36. The summed E-state index contributed by atoms with van der Waals surface area (Å²) >= 11 is 7.66. The zero-order valence-electron chi connectivity index (χ0n) is 19.4. The average molecular weight is 524 g/mol. The topological polar surface area (TPSA) is 116 Å². The molecule has 4 aromatic heterocycles. The maximum Gasteiger partial charge on any atom is 0.239 e. The molecule has 0 aliphatic heterocycles. The SMILES string of the molecule is COc1cccc(OC)c1-n1c(NSCCc2ncc(Cl)cc2-c2ccn[nH]2)nnc1-c1ccco1. The second kappa shape index (κ2) is 10.8. The van der Waals surface area contributed by atoms with E-state index in [2.05, 4.69) is 30.1 Å². The third kappa shape index (κ3) is 4.75. The minimum absolute atomic E-state index is 0.493. The fourth-order valence-corrected chi connectivity index (χ4v) is 4.57. The van der Waals surface area contributed by atoms with Gasteiger partial charge in [-0.05, 0) is 48.3 Å². The monoisotopic (exact) mass is 523 g/mol. The molecule has 0 radical (unpaired) electrons. The van der Waals surface area contributed by atoms with Crippen molar-refractivity contribution in [1.29, 1.82) is 0 Å². The summed E-state index contributed by atoms with van der Waals surface area (Å²) in [5, 5.41) is 16.3. The van der Waals surface area contributed by atoms with E-state index in [4.69, 9.17) is 25.5 Å². The molecule has 5 rings (SSSR count). The first-order valence-corrected chi connectivity index (χ1v) is 12.3. The molecule has 0 saturated carbocycles. The molecule has 0 fully saturated rings. The lowest BCUT2D eigenvalue weighted by Crippen LogP contribution is -2.07. The third-order valence-corrected chi connectivity index (χ3v) is 6.30. The zero-order chi connectivity index (χ0) is 24.9. The van der Waals surface area contributed by atoms with Gasteiger partial charge in [0.15, 0.2) is 5.76 Å². The summed E-state index contributed by atoms with van der Waals surface area (Å²) in [6.45, 7) is 0. The fraction of sp³-hybridized carbons (Fsp3) is 0.167. The number of ether oxygens (including phenoxy) is 2. The van der Waals surface area contributed by atoms with Gasteiger partial charge in [-0.15, -0.1) is 10.2 Å². The Morgan fingerprint density at radius 1 is 1.11 bits per heavy atom. The zero-order valence-corrected chi connectivity index (χ0v) is 21.0. The molecule has 0 aliphatic carbocycles. The van der Waals surface area contributed by atoms with Crippen molar-refractivity contribution < 1.29 is 13.9 Å². The molecule has 2 N–H and O–H groups in total. The predicted molar refractivity (Wildman–Crippen MR) is 139 cm³/mol. The van der Waals surface area contributed by atoms with Gasteiger partial charge in [0.1, 0.15) is 17.2 Å². The van der Waals surface area contributed by atoms with Crippen LogP contribution >= 0.6 is 23.5 Å². The Morgan fingerprint density at radius 3 is 2.64 bits per heavy atom. The van der Waals surface area contributed by atoms with Crippen molar-refractivity contribution in [1.82, 2.24) is 29.9 Å². The second-order valence-corrected chi connectivity index (χ2v) is 8.83. The van der Waals surface area contributed by atoms with Crippen LogP contribution < -0.4 is 14.2 Å². The van der Waals surface area contributed by atoms with E-state index >= 15 is 0 Å². The lowest BCUT2D eigenvalue weighted by molar-refractivity contribution is 0.391. The average Bonchev–Trinajstić information content (AvgIpc) is 3.68. The van der Waals surface area contributed by atoms with Crippen LogP contribution in [0.25, 0.3) is 28.5 Å². The number of aryl methyl sites for hydroxylation is 1. The van der Waals surface area contributed by atoms with E-state index in [0.717, 1.165) is 17.0 Å². The van der Waals surface area contributed by atoms with Crippen molar-refractivity contribution in [3.63, 3.8) is 0 Å². The molecule has 0 saturated heterocycles. The number of furan rings is 1. The van der Waals surface area contributed by atoms with Gasteiger partial charge in [-0.3, -0.25) is 19.4 Å². The molecule has 0 atom stereocenters. The number of hydrogen-bond acceptors (Lipinski definition) is 9. The Bertz CT molecular complexity index is 1420. The van der Waals surface area contributed by atoms with Crippen LogP contribution in [0, 0.1) is 0 Å². The van der Waals surface area contributed by atoms with Gasteiger partial charge in [0.2, 0.25) is 11.8 Å². The highest BCUT2D eigenvalue weighted by atomic mass is 35.5. The maximum absolute atomic E-state index is 6.18. The first kappa shape index (κ1) is 23.8. The van der Waals surface area contributed by atoms with Crippen LogP contribution in [0.2, 0.25) is 5.02 Å². The number of rotatable bonds is 10. The van der Waals surface area contributed by atoms with Crippen LogP contribution in [0.15, 0.2) is 65.5 Å². The van der Waals surface area contributed by atoms with Gasteiger partial charge >= 0.3 is 0 Å². The minimum atomic E-state index is 0.493. The number of methoxy groups -OCH3 is 2. The van der Waals surface area contributed by atoms with Gasteiger partial charge in [0.25, 0.3) is 0 Å². The van der Waals surface area contributed by atoms with Crippen LogP contribution in [0.1, 0.15) is 5.69 Å². The number of nitrogens with zero attached hydrogens (tertiary/aromatic N) is 5. The summed E-state index contributed by atoms with van der Waals surface area (Å²) in [7, 11) is 3.21. The number of aromatic amines is 1. The Balaban J connectivity index is 1.41. The number of benzene rings is 1. The molecule has 5 aromatic rings. The first-order valence-electron chi connectivity index (χ1n) is 10.9. The van der Waals surface area contributed by atoms with Crippen molar-refractivity contribution in [2.75, 3.05) is 24.7 Å². The summed E-state index contributed by atoms with van der Waals surface area (Å²) < 4.78 is 22.0. The highest BCUT2D eigenvalue weighted by Crippen LogP contribution is 2.38. The summed E-state index contributed by atoms with van der Waals surface area (Å²) in [5.74, 6) is 3.46. The number of halogens is 1. The fourth-order valence-electron chi connectivity index (χ4n) is 3.75. The Hall–Kier alpha value is -3.96. The number of anilines is 1. The number of H-pyrrole nitrogens is 1. The summed E-state index contributed by atoms with van der Waals surface area (Å²) in [6.07, 6.45) is 5.62. The maximum atomic E-state index is 6.18. The number of aromatic nitrogens is 6. The molecule has 1 aromatic carbocycles. The van der Waals surface area contributed by atoms with E-state index in [1.807, 2.05) is 41.0 Å². The molecular weight excluding hydrogens is 502 g/mol. The van der Waals surface area contributed by atoms with E-state index in [1.165, 1.54) is 11.9 Å². The largest absolute Gasteiger partial charge is 0.494 e. The highest BCUT2D eigenvalue weighted by molar-refractivity contribution is 8.00. The van der Waals surface area contributed by atoms with Crippen LogP contribution in [0.4, 0.5) is 5.95 Å². The van der Waals surface area contributed by atoms with Gasteiger partial charge in [-0.2, -0.15) is 5.10 Å². The molecule has 36 heavy (non-hydrogen) atoms. The Kier molecular flexibility index (Phi) is 7.10. The lowest BCUT2D eigenvalue weighted by Gasteiger charge is -2.17. The van der Waals surface area contributed by atoms with Crippen molar-refractivity contribution >= 4 is 29.5 Å². The molecule has 4 heterocycles. The summed E-state index contributed by atoms with van der Waals surface area (Å²) in [6, 6.07) is 13.0. The van der Waals surface area contributed by atoms with Gasteiger partial charge in [-0.25, -0.2) is 0 Å². The van der Waals surface area contributed by atoms with Crippen LogP contribution in [-0.2, 0) is 6.42 Å². The van der Waals surface area contributed by atoms with E-state index in [1.54, 1.807) is 38.9 Å². The quantitative estimate of drug-likeness (QED) is 0.186.